The second-order valence-corrected chi connectivity index (χ2v) is 12.3. The number of alkyl halides is 1. The fourth-order valence-electron chi connectivity index (χ4n) is 6.78. The van der Waals surface area contributed by atoms with E-state index in [4.69, 9.17) is 4.74 Å². The highest BCUT2D eigenvalue weighted by molar-refractivity contribution is 9.09. The third-order valence-corrected chi connectivity index (χ3v) is 9.43. The number of hydrogen-bond acceptors (Lipinski definition) is 5. The number of hydrogen-bond donors (Lipinski definition) is 3. The summed E-state index contributed by atoms with van der Waals surface area (Å²) in [5, 5.41) is 16.6. The number of carbonyl (C=O) groups is 3. The fourth-order valence-corrected chi connectivity index (χ4v) is 7.73. The van der Waals surface area contributed by atoms with Crippen molar-refractivity contribution in [1.29, 1.82) is 0 Å². The highest BCUT2D eigenvalue weighted by atomic mass is 79.9. The molecule has 3 unspecified atom stereocenters. The number of nitrogens with one attached hydrogen (secondary N) is 2. The van der Waals surface area contributed by atoms with E-state index in [0.717, 1.165) is 30.4 Å². The molecule has 3 N–H and O–H groups in total. The quantitative estimate of drug-likeness (QED) is 0.253. The van der Waals surface area contributed by atoms with Crippen molar-refractivity contribution in [3.63, 3.8) is 0 Å². The number of carbonyl (C=O) groups excluding carboxylic acids is 3. The number of nitrogens with zero attached hydrogens (tertiary/aromatic N) is 1. The summed E-state index contributed by atoms with van der Waals surface area (Å²) < 4.78 is 6.58. The van der Waals surface area contributed by atoms with Crippen LogP contribution in [0.25, 0.3) is 0 Å². The van der Waals surface area contributed by atoms with E-state index in [1.807, 2.05) is 60.7 Å². The van der Waals surface area contributed by atoms with Gasteiger partial charge in [0.15, 0.2) is 0 Å². The number of aliphatic hydroxyl groups is 1. The maximum Gasteiger partial charge on any atom is 0.245 e. The van der Waals surface area contributed by atoms with E-state index < -0.39 is 35.6 Å². The Labute approximate surface area is 244 Å². The minimum Gasteiger partial charge on any atom is -0.394 e. The zero-order valence-electron chi connectivity index (χ0n) is 22.8. The highest BCUT2D eigenvalue weighted by Crippen LogP contribution is 2.60. The van der Waals surface area contributed by atoms with Crippen LogP contribution in [-0.2, 0) is 32.1 Å². The molecule has 7 atom stereocenters. The largest absolute Gasteiger partial charge is 0.394 e. The van der Waals surface area contributed by atoms with E-state index in [1.54, 1.807) is 0 Å². The van der Waals surface area contributed by atoms with Crippen molar-refractivity contribution >= 4 is 33.7 Å². The van der Waals surface area contributed by atoms with Crippen molar-refractivity contribution in [2.24, 2.45) is 11.8 Å². The predicted octanol–water partition coefficient (Wildman–Crippen LogP) is 2.96. The second kappa shape index (κ2) is 12.4. The summed E-state index contributed by atoms with van der Waals surface area (Å²) in [6.45, 7) is 2.62. The molecule has 3 aliphatic heterocycles. The lowest BCUT2D eigenvalue weighted by atomic mass is 9.70. The van der Waals surface area contributed by atoms with Gasteiger partial charge >= 0.3 is 0 Å². The number of ether oxygens (including phenoxy) is 1. The highest BCUT2D eigenvalue weighted by Gasteiger charge is 2.77. The smallest absolute Gasteiger partial charge is 0.245 e. The minimum absolute atomic E-state index is 0.180. The molecule has 0 aliphatic carbocycles. The average Bonchev–Trinajstić information content (AvgIpc) is 3.57. The van der Waals surface area contributed by atoms with Crippen molar-refractivity contribution in [1.82, 2.24) is 15.5 Å². The monoisotopic (exact) mass is 611 g/mol. The maximum absolute atomic E-state index is 14.3. The first kappa shape index (κ1) is 28.8. The van der Waals surface area contributed by atoms with Crippen molar-refractivity contribution in [3.05, 3.63) is 71.8 Å². The van der Waals surface area contributed by atoms with Gasteiger partial charge in [-0.05, 0) is 30.4 Å². The van der Waals surface area contributed by atoms with Crippen LogP contribution in [0.15, 0.2) is 60.7 Å². The average molecular weight is 613 g/mol. The number of halogens is 1. The number of fused-ring (bicyclic) bond motifs is 1. The summed E-state index contributed by atoms with van der Waals surface area (Å²) in [5.74, 6) is -2.40. The van der Waals surface area contributed by atoms with Gasteiger partial charge in [-0.3, -0.25) is 14.4 Å². The first-order valence-corrected chi connectivity index (χ1v) is 15.2. The van der Waals surface area contributed by atoms with Crippen molar-refractivity contribution in [2.45, 2.75) is 74.2 Å². The lowest BCUT2D eigenvalue weighted by Gasteiger charge is -2.37. The van der Waals surface area contributed by atoms with E-state index in [0.29, 0.717) is 25.9 Å². The van der Waals surface area contributed by atoms with Gasteiger partial charge in [-0.1, -0.05) is 96.4 Å². The predicted molar refractivity (Wildman–Crippen MR) is 154 cm³/mol. The van der Waals surface area contributed by atoms with Crippen LogP contribution in [0, 0.1) is 11.8 Å². The number of rotatable bonds is 12. The Kier molecular flexibility index (Phi) is 8.92. The molecule has 5 rings (SSSR count). The normalized spacial score (nSPS) is 29.3. The Morgan fingerprint density at radius 1 is 1.05 bits per heavy atom. The first-order chi connectivity index (χ1) is 19.4. The minimum atomic E-state index is -1.15. The first-order valence-electron chi connectivity index (χ1n) is 14.3. The summed E-state index contributed by atoms with van der Waals surface area (Å²) in [6.07, 6.45) is 3.14. The zero-order chi connectivity index (χ0) is 28.3. The molecular weight excluding hydrogens is 574 g/mol. The van der Waals surface area contributed by atoms with E-state index in [-0.39, 0.29) is 29.2 Å². The Balaban J connectivity index is 1.46. The molecule has 40 heavy (non-hydrogen) atoms. The van der Waals surface area contributed by atoms with E-state index in [2.05, 4.69) is 33.5 Å². The number of aliphatic hydroxyl groups excluding tert-OH is 1. The number of likely N-dealkylation sites (tertiary alicyclic amines) is 1. The van der Waals surface area contributed by atoms with Gasteiger partial charge in [0, 0.05) is 17.9 Å². The Morgan fingerprint density at radius 2 is 1.73 bits per heavy atom. The third-order valence-electron chi connectivity index (χ3n) is 8.59. The molecule has 2 aromatic carbocycles. The van der Waals surface area contributed by atoms with Gasteiger partial charge < -0.3 is 25.4 Å². The van der Waals surface area contributed by atoms with Gasteiger partial charge in [-0.2, -0.15) is 0 Å². The van der Waals surface area contributed by atoms with Crippen LogP contribution in [0.3, 0.4) is 0 Å². The van der Waals surface area contributed by atoms with Crippen molar-refractivity contribution in [3.8, 4) is 0 Å². The molecule has 0 saturated carbocycles. The van der Waals surface area contributed by atoms with Crippen LogP contribution in [0.2, 0.25) is 0 Å². The zero-order valence-corrected chi connectivity index (χ0v) is 24.4. The van der Waals surface area contributed by atoms with Gasteiger partial charge in [-0.15, -0.1) is 0 Å². The molecule has 0 radical (unpaired) electrons. The molecule has 3 saturated heterocycles. The number of benzene rings is 2. The molecule has 3 amide bonds. The second-order valence-electron chi connectivity index (χ2n) is 11.1. The standard InChI is InChI=1S/C31H38BrN3O5/c1-2-3-10-15-33-29(38)27-31-17-23(32)26(40-31)24(28(37)34-18-21-13-8-5-9-14-21)25(31)30(39)35(27)22(19-36)16-20-11-6-4-7-12-20/h4-9,11-14,22-27,36H,2-3,10,15-19H2,1H3,(H,33,38)(H,34,37)/t22-,23?,24-,25+,26-,27?,31?/m1/s1. The SMILES string of the molecule is CCCCCNC(=O)C1N([C@@H](CO)Cc2ccccc2)C(=O)[C@@H]2[C@@H](C(=O)NCc3ccccc3)[C@@H]3OC12CC3Br. The summed E-state index contributed by atoms with van der Waals surface area (Å²) >= 11 is 3.71. The summed E-state index contributed by atoms with van der Waals surface area (Å²) in [7, 11) is 0. The summed E-state index contributed by atoms with van der Waals surface area (Å²) in [5.41, 5.74) is 0.757. The van der Waals surface area contributed by atoms with E-state index >= 15 is 0 Å². The van der Waals surface area contributed by atoms with Gasteiger partial charge in [0.1, 0.15) is 11.6 Å². The topological polar surface area (TPSA) is 108 Å². The Bertz CT molecular complexity index is 1200. The summed E-state index contributed by atoms with van der Waals surface area (Å²) in [6, 6.07) is 17.7. The molecule has 3 aliphatic rings. The molecule has 0 aromatic heterocycles. The maximum atomic E-state index is 14.3. The number of unbranched alkanes of at least 4 members (excludes halogenated alkanes) is 2. The van der Waals surface area contributed by atoms with Crippen LogP contribution in [0.4, 0.5) is 0 Å². The number of amides is 3. The van der Waals surface area contributed by atoms with E-state index in [9.17, 15) is 19.5 Å². The van der Waals surface area contributed by atoms with Crippen molar-refractivity contribution < 1.29 is 24.2 Å². The summed E-state index contributed by atoms with van der Waals surface area (Å²) in [4.78, 5) is 43.2. The molecule has 8 nitrogen and oxygen atoms in total. The van der Waals surface area contributed by atoms with Gasteiger partial charge in [0.05, 0.1) is 30.6 Å². The Hall–Kier alpha value is -2.75. The van der Waals surface area contributed by atoms with Crippen LogP contribution in [-0.4, -0.2) is 69.5 Å². The lowest BCUT2D eigenvalue weighted by molar-refractivity contribution is -0.145. The van der Waals surface area contributed by atoms with Gasteiger partial charge in [0.25, 0.3) is 0 Å². The molecule has 3 fully saturated rings. The third kappa shape index (κ3) is 5.31. The van der Waals surface area contributed by atoms with Gasteiger partial charge in [-0.25, -0.2) is 0 Å². The van der Waals surface area contributed by atoms with Crippen LogP contribution < -0.4 is 10.6 Å². The molecule has 2 aromatic rings. The fraction of sp³-hybridized carbons (Fsp3) is 0.516. The van der Waals surface area contributed by atoms with Crippen LogP contribution in [0.1, 0.15) is 43.7 Å². The molecule has 9 heteroatoms. The van der Waals surface area contributed by atoms with E-state index in [1.165, 1.54) is 4.90 Å². The van der Waals surface area contributed by atoms with Crippen LogP contribution in [0.5, 0.6) is 0 Å². The van der Waals surface area contributed by atoms with Gasteiger partial charge in [0.2, 0.25) is 17.7 Å². The van der Waals surface area contributed by atoms with Crippen molar-refractivity contribution in [2.75, 3.05) is 13.2 Å². The molecular formula is C31H38BrN3O5. The molecule has 214 valence electrons. The lowest BCUT2D eigenvalue weighted by Crippen LogP contribution is -2.58. The molecule has 3 heterocycles. The molecule has 2 bridgehead atoms. The molecule has 1 spiro atoms. The Morgan fingerprint density at radius 3 is 2.38 bits per heavy atom. The van der Waals surface area contributed by atoms with Crippen LogP contribution >= 0.6 is 15.9 Å².